The number of hydrazone groups is 1. The van der Waals surface area contributed by atoms with Crippen LogP contribution in [0.5, 0.6) is 5.75 Å². The number of halogens is 1. The van der Waals surface area contributed by atoms with Crippen LogP contribution in [0.15, 0.2) is 112 Å². The number of ether oxygens (including phenoxy) is 1. The normalized spacial score (nSPS) is 11.3. The predicted molar refractivity (Wildman–Crippen MR) is 148 cm³/mol. The first-order valence-corrected chi connectivity index (χ1v) is 13.6. The maximum absolute atomic E-state index is 12.6. The lowest BCUT2D eigenvalue weighted by atomic mass is 10.2. The number of para-hydroxylation sites is 1. The lowest BCUT2D eigenvalue weighted by Crippen LogP contribution is -2.18. The Bertz CT molecular complexity index is 1500. The van der Waals surface area contributed by atoms with Crippen LogP contribution in [-0.2, 0) is 16.6 Å². The molecule has 4 aromatic rings. The van der Waals surface area contributed by atoms with E-state index in [1.165, 1.54) is 30.5 Å². The second kappa shape index (κ2) is 11.9. The van der Waals surface area contributed by atoms with Gasteiger partial charge in [0.25, 0.3) is 15.9 Å². The molecule has 0 heterocycles. The Balaban J connectivity index is 1.35. The third kappa shape index (κ3) is 7.28. The molecule has 4 rings (SSSR count). The number of anilines is 1. The van der Waals surface area contributed by atoms with Gasteiger partial charge in [-0.05, 0) is 73.2 Å². The van der Waals surface area contributed by atoms with Crippen LogP contribution in [0.1, 0.15) is 27.0 Å². The van der Waals surface area contributed by atoms with Gasteiger partial charge in [-0.15, -0.1) is 0 Å². The molecule has 0 aliphatic rings. The quantitative estimate of drug-likeness (QED) is 0.191. The number of benzene rings is 4. The van der Waals surface area contributed by atoms with Gasteiger partial charge in [0.2, 0.25) is 0 Å². The van der Waals surface area contributed by atoms with Crippen molar-refractivity contribution in [2.75, 3.05) is 4.72 Å². The second-order valence-electron chi connectivity index (χ2n) is 8.15. The van der Waals surface area contributed by atoms with Crippen LogP contribution in [0.2, 0.25) is 0 Å². The summed E-state index contributed by atoms with van der Waals surface area (Å²) in [5.74, 6) is 0.200. The summed E-state index contributed by atoms with van der Waals surface area (Å²) < 4.78 is 34.5. The van der Waals surface area contributed by atoms with Crippen LogP contribution < -0.4 is 14.9 Å². The van der Waals surface area contributed by atoms with Crippen LogP contribution in [-0.4, -0.2) is 20.5 Å². The van der Waals surface area contributed by atoms with E-state index in [1.807, 2.05) is 55.5 Å². The molecule has 0 atom stereocenters. The SMILES string of the molecule is Cc1ccc(S(=O)(=O)Nc2ccc(C(=O)NN=Cc3ccccc3OCc3ccc(Br)cc3)cc2)cc1. The first kappa shape index (κ1) is 26.1. The summed E-state index contributed by atoms with van der Waals surface area (Å²) >= 11 is 3.42. The Hall–Kier alpha value is -3.95. The van der Waals surface area contributed by atoms with Gasteiger partial charge >= 0.3 is 0 Å². The molecule has 0 fully saturated rings. The number of nitrogens with one attached hydrogen (secondary N) is 2. The number of carbonyl (C=O) groups is 1. The molecule has 37 heavy (non-hydrogen) atoms. The zero-order valence-electron chi connectivity index (χ0n) is 19.9. The summed E-state index contributed by atoms with van der Waals surface area (Å²) in [5.41, 5.74) is 5.85. The second-order valence-corrected chi connectivity index (χ2v) is 10.7. The number of carbonyl (C=O) groups excluding carboxylic acids is 1. The van der Waals surface area contributed by atoms with Gasteiger partial charge in [0, 0.05) is 21.3 Å². The Kier molecular flexibility index (Phi) is 8.37. The van der Waals surface area contributed by atoms with Gasteiger partial charge in [-0.25, -0.2) is 13.8 Å². The maximum atomic E-state index is 12.6. The van der Waals surface area contributed by atoms with E-state index in [1.54, 1.807) is 24.3 Å². The highest BCUT2D eigenvalue weighted by molar-refractivity contribution is 9.10. The number of rotatable bonds is 9. The van der Waals surface area contributed by atoms with Crippen molar-refractivity contribution < 1.29 is 17.9 Å². The average Bonchev–Trinajstić information content (AvgIpc) is 2.89. The minimum atomic E-state index is -3.72. The fourth-order valence-electron chi connectivity index (χ4n) is 3.31. The van der Waals surface area contributed by atoms with Gasteiger partial charge in [-0.3, -0.25) is 9.52 Å². The fraction of sp³-hybridized carbons (Fsp3) is 0.0714. The first-order chi connectivity index (χ1) is 17.8. The molecule has 0 aliphatic carbocycles. The summed E-state index contributed by atoms with van der Waals surface area (Å²) in [5, 5.41) is 4.05. The van der Waals surface area contributed by atoms with Crippen molar-refractivity contribution in [1.82, 2.24) is 5.43 Å². The van der Waals surface area contributed by atoms with Crippen molar-refractivity contribution >= 4 is 43.8 Å². The molecule has 0 aliphatic heterocycles. The number of aryl methyl sites for hydroxylation is 1. The Labute approximate surface area is 224 Å². The topological polar surface area (TPSA) is 96.9 Å². The Morgan fingerprint density at radius 3 is 2.30 bits per heavy atom. The summed E-state index contributed by atoms with van der Waals surface area (Å²) in [7, 11) is -3.72. The fourth-order valence-corrected chi connectivity index (χ4v) is 4.63. The van der Waals surface area contributed by atoms with Gasteiger partial charge in [-0.2, -0.15) is 5.10 Å². The van der Waals surface area contributed by atoms with Crippen molar-refractivity contribution in [1.29, 1.82) is 0 Å². The van der Waals surface area contributed by atoms with Crippen molar-refractivity contribution in [3.8, 4) is 5.75 Å². The van der Waals surface area contributed by atoms with Crippen LogP contribution in [0.3, 0.4) is 0 Å². The van der Waals surface area contributed by atoms with Crippen LogP contribution >= 0.6 is 15.9 Å². The molecule has 4 aromatic carbocycles. The highest BCUT2D eigenvalue weighted by atomic mass is 79.9. The Morgan fingerprint density at radius 2 is 1.59 bits per heavy atom. The summed E-state index contributed by atoms with van der Waals surface area (Å²) in [6.07, 6.45) is 1.51. The highest BCUT2D eigenvalue weighted by Gasteiger charge is 2.14. The number of hydrogen-bond acceptors (Lipinski definition) is 5. The minimum Gasteiger partial charge on any atom is -0.488 e. The van der Waals surface area contributed by atoms with Gasteiger partial charge in [0.05, 0.1) is 11.1 Å². The summed E-state index contributed by atoms with van der Waals surface area (Å²) in [6.45, 7) is 2.28. The lowest BCUT2D eigenvalue weighted by Gasteiger charge is -2.09. The van der Waals surface area contributed by atoms with Crippen LogP contribution in [0, 0.1) is 6.92 Å². The van der Waals surface area contributed by atoms with Crippen molar-refractivity contribution in [2.45, 2.75) is 18.4 Å². The average molecular weight is 578 g/mol. The van der Waals surface area contributed by atoms with Crippen molar-refractivity contribution in [2.24, 2.45) is 5.10 Å². The van der Waals surface area contributed by atoms with Crippen LogP contribution in [0.25, 0.3) is 0 Å². The third-order valence-corrected chi connectivity index (χ3v) is 7.25. The third-order valence-electron chi connectivity index (χ3n) is 5.33. The summed E-state index contributed by atoms with van der Waals surface area (Å²) in [4.78, 5) is 12.7. The molecule has 0 spiro atoms. The number of hydrogen-bond donors (Lipinski definition) is 2. The largest absolute Gasteiger partial charge is 0.488 e. The van der Waals surface area contributed by atoms with Crippen LogP contribution in [0.4, 0.5) is 5.69 Å². The number of amides is 1. The predicted octanol–water partition coefficient (Wildman–Crippen LogP) is 5.90. The smallest absolute Gasteiger partial charge is 0.271 e. The molecule has 1 amide bonds. The van der Waals surface area contributed by atoms with Gasteiger partial charge in [-0.1, -0.05) is 57.9 Å². The molecule has 0 unspecified atom stereocenters. The van der Waals surface area contributed by atoms with E-state index in [0.717, 1.165) is 15.6 Å². The molecule has 2 N–H and O–H groups in total. The molecule has 0 saturated heterocycles. The number of nitrogens with zero attached hydrogens (tertiary/aromatic N) is 1. The van der Waals surface area contributed by atoms with E-state index >= 15 is 0 Å². The van der Waals surface area contributed by atoms with Crippen molar-refractivity contribution in [3.05, 3.63) is 124 Å². The van der Waals surface area contributed by atoms with Gasteiger partial charge < -0.3 is 4.74 Å². The van der Waals surface area contributed by atoms with E-state index in [-0.39, 0.29) is 4.90 Å². The van der Waals surface area contributed by atoms with E-state index in [4.69, 9.17) is 4.74 Å². The molecule has 0 radical (unpaired) electrons. The maximum Gasteiger partial charge on any atom is 0.271 e. The van der Waals surface area contributed by atoms with E-state index in [2.05, 4.69) is 31.2 Å². The lowest BCUT2D eigenvalue weighted by molar-refractivity contribution is 0.0955. The molecule has 0 saturated carbocycles. The molecule has 0 aromatic heterocycles. The van der Waals surface area contributed by atoms with E-state index in [9.17, 15) is 13.2 Å². The monoisotopic (exact) mass is 577 g/mol. The zero-order chi connectivity index (χ0) is 26.3. The van der Waals surface area contributed by atoms with Crippen molar-refractivity contribution in [3.63, 3.8) is 0 Å². The minimum absolute atomic E-state index is 0.162. The molecule has 7 nitrogen and oxygen atoms in total. The standard InChI is InChI=1S/C28H24BrN3O4S/c1-20-6-16-26(17-7-20)37(34,35)32-25-14-10-22(11-15-25)28(33)31-30-18-23-4-2-3-5-27(23)36-19-21-8-12-24(29)13-9-21/h2-18,32H,19H2,1H3,(H,31,33). The van der Waals surface area contributed by atoms with Gasteiger partial charge in [0.1, 0.15) is 12.4 Å². The Morgan fingerprint density at radius 1 is 0.919 bits per heavy atom. The molecule has 0 bridgehead atoms. The zero-order valence-corrected chi connectivity index (χ0v) is 22.3. The molecule has 188 valence electrons. The molecular formula is C28H24BrN3O4S. The van der Waals surface area contributed by atoms with E-state index in [0.29, 0.717) is 29.2 Å². The molecule has 9 heteroatoms. The number of sulfonamides is 1. The molecular weight excluding hydrogens is 554 g/mol. The van der Waals surface area contributed by atoms with Gasteiger partial charge in [0.15, 0.2) is 0 Å². The highest BCUT2D eigenvalue weighted by Crippen LogP contribution is 2.19. The summed E-state index contributed by atoms with van der Waals surface area (Å²) in [6, 6.07) is 27.9. The van der Waals surface area contributed by atoms with E-state index < -0.39 is 15.9 Å². The first-order valence-electron chi connectivity index (χ1n) is 11.3.